The molecule has 0 spiro atoms. The molecule has 2 rings (SSSR count). The van der Waals surface area contributed by atoms with Gasteiger partial charge in [0.05, 0.1) is 5.25 Å². The zero-order valence-electron chi connectivity index (χ0n) is 12.7. The quantitative estimate of drug-likeness (QED) is 0.817. The lowest BCUT2D eigenvalue weighted by Crippen LogP contribution is -2.16. The molecule has 0 aliphatic carbocycles. The van der Waals surface area contributed by atoms with Crippen LogP contribution < -0.4 is 5.32 Å². The maximum absolute atomic E-state index is 4.79. The average Bonchev–Trinajstić information content (AvgIpc) is 2.46. The van der Waals surface area contributed by atoms with Crippen LogP contribution >= 0.6 is 23.5 Å². The molecule has 1 saturated heterocycles. The Balaban J connectivity index is 2.03. The van der Waals surface area contributed by atoms with Gasteiger partial charge in [-0.25, -0.2) is 9.97 Å². The first kappa shape index (κ1) is 16.1. The minimum absolute atomic E-state index is 0.488. The van der Waals surface area contributed by atoms with Crippen LogP contribution in [0.1, 0.15) is 41.4 Å². The highest BCUT2D eigenvalue weighted by Crippen LogP contribution is 2.35. The van der Waals surface area contributed by atoms with Crippen molar-refractivity contribution in [1.29, 1.82) is 0 Å². The van der Waals surface area contributed by atoms with Crippen molar-refractivity contribution in [2.24, 2.45) is 0 Å². The molecule has 1 aromatic rings. The van der Waals surface area contributed by atoms with Crippen molar-refractivity contribution in [2.45, 2.75) is 38.9 Å². The number of thioether (sulfide) groups is 2. The van der Waals surface area contributed by atoms with Crippen molar-refractivity contribution in [2.75, 3.05) is 30.3 Å². The Morgan fingerprint density at radius 3 is 2.55 bits per heavy atom. The molecule has 0 saturated carbocycles. The molecule has 3 nitrogen and oxygen atoms in total. The van der Waals surface area contributed by atoms with Crippen molar-refractivity contribution in [3.63, 3.8) is 0 Å². The molecule has 2 heterocycles. The van der Waals surface area contributed by atoms with Crippen LogP contribution in [-0.4, -0.2) is 40.3 Å². The summed E-state index contributed by atoms with van der Waals surface area (Å²) in [4.78, 5) is 9.58. The van der Waals surface area contributed by atoms with Crippen LogP contribution in [0.3, 0.4) is 0 Å². The zero-order chi connectivity index (χ0) is 14.4. The summed E-state index contributed by atoms with van der Waals surface area (Å²) in [7, 11) is 0. The average molecular weight is 312 g/mol. The highest BCUT2D eigenvalue weighted by Gasteiger charge is 2.20. The summed E-state index contributed by atoms with van der Waals surface area (Å²) in [6.45, 7) is 8.55. The van der Waals surface area contributed by atoms with Crippen LogP contribution in [0, 0.1) is 13.8 Å². The highest BCUT2D eigenvalue weighted by molar-refractivity contribution is 8.06. The number of aryl methyl sites for hydroxylation is 2. The summed E-state index contributed by atoms with van der Waals surface area (Å²) in [5, 5.41) is 3.86. The van der Waals surface area contributed by atoms with Gasteiger partial charge in [-0.2, -0.15) is 11.8 Å². The van der Waals surface area contributed by atoms with E-state index in [0.717, 1.165) is 37.5 Å². The van der Waals surface area contributed by atoms with Crippen LogP contribution in [0.2, 0.25) is 0 Å². The summed E-state index contributed by atoms with van der Waals surface area (Å²) >= 11 is 4.03. The van der Waals surface area contributed by atoms with Crippen molar-refractivity contribution in [3.8, 4) is 0 Å². The van der Waals surface area contributed by atoms with E-state index >= 15 is 0 Å². The summed E-state index contributed by atoms with van der Waals surface area (Å²) in [5.41, 5.74) is 3.71. The van der Waals surface area contributed by atoms with Gasteiger partial charge in [0.25, 0.3) is 0 Å². The van der Waals surface area contributed by atoms with E-state index in [9.17, 15) is 0 Å². The van der Waals surface area contributed by atoms with Crippen molar-refractivity contribution < 1.29 is 0 Å². The summed E-state index contributed by atoms with van der Waals surface area (Å²) in [6.07, 6.45) is 2.24. The fraction of sp³-hybridized carbons (Fsp3) is 0.733. The molecule has 1 aliphatic heterocycles. The maximum atomic E-state index is 4.79. The maximum Gasteiger partial charge on any atom is 0.142 e. The molecule has 1 aromatic heterocycles. The smallest absolute Gasteiger partial charge is 0.142 e. The minimum Gasteiger partial charge on any atom is -0.317 e. The molecule has 0 amide bonds. The van der Waals surface area contributed by atoms with Crippen molar-refractivity contribution >= 4 is 23.5 Å². The summed E-state index contributed by atoms with van der Waals surface area (Å²) in [5.74, 6) is 4.69. The van der Waals surface area contributed by atoms with Gasteiger partial charge in [0.15, 0.2) is 0 Å². The lowest BCUT2D eigenvalue weighted by Gasteiger charge is -2.21. The van der Waals surface area contributed by atoms with E-state index in [1.165, 1.54) is 28.5 Å². The van der Waals surface area contributed by atoms with Gasteiger partial charge in [-0.05, 0) is 45.3 Å². The van der Waals surface area contributed by atoms with E-state index in [-0.39, 0.29) is 0 Å². The molecule has 1 N–H and O–H groups in total. The largest absolute Gasteiger partial charge is 0.317 e. The van der Waals surface area contributed by atoms with Crippen LogP contribution in [0.5, 0.6) is 0 Å². The number of rotatable bonds is 6. The third kappa shape index (κ3) is 4.37. The Labute approximate surface area is 131 Å². The van der Waals surface area contributed by atoms with E-state index in [0.29, 0.717) is 5.25 Å². The van der Waals surface area contributed by atoms with Gasteiger partial charge in [-0.3, -0.25) is 0 Å². The van der Waals surface area contributed by atoms with E-state index in [1.807, 2.05) is 23.5 Å². The Morgan fingerprint density at radius 1 is 1.20 bits per heavy atom. The second-order valence-electron chi connectivity index (χ2n) is 5.12. The fourth-order valence-electron chi connectivity index (χ4n) is 2.48. The van der Waals surface area contributed by atoms with E-state index in [1.54, 1.807) is 0 Å². The molecule has 5 heteroatoms. The standard InChI is InChI=1S/C15H25N3S2/c1-4-16-7-5-6-13-11(2)17-15(18-12(13)3)14-10-19-8-9-20-14/h14,16H,4-10H2,1-3H3. The molecule has 0 radical (unpaired) electrons. The Hall–Kier alpha value is -0.260. The third-order valence-electron chi connectivity index (χ3n) is 3.57. The fourth-order valence-corrected chi connectivity index (χ4v) is 5.07. The van der Waals surface area contributed by atoms with Gasteiger partial charge in [0.2, 0.25) is 0 Å². The van der Waals surface area contributed by atoms with Gasteiger partial charge in [-0.1, -0.05) is 6.92 Å². The Morgan fingerprint density at radius 2 is 1.95 bits per heavy atom. The van der Waals surface area contributed by atoms with Crippen LogP contribution in [-0.2, 0) is 6.42 Å². The second-order valence-corrected chi connectivity index (χ2v) is 7.58. The number of nitrogens with zero attached hydrogens (tertiary/aromatic N) is 2. The predicted molar refractivity (Wildman–Crippen MR) is 90.9 cm³/mol. The first-order chi connectivity index (χ1) is 9.72. The molecule has 1 unspecified atom stereocenters. The van der Waals surface area contributed by atoms with Gasteiger partial charge in [-0.15, -0.1) is 11.8 Å². The summed E-state index contributed by atoms with van der Waals surface area (Å²) < 4.78 is 0. The highest BCUT2D eigenvalue weighted by atomic mass is 32.2. The number of aromatic nitrogens is 2. The minimum atomic E-state index is 0.488. The first-order valence-electron chi connectivity index (χ1n) is 7.46. The summed E-state index contributed by atoms with van der Waals surface area (Å²) in [6, 6.07) is 0. The molecule has 112 valence electrons. The van der Waals surface area contributed by atoms with Crippen LogP contribution in [0.4, 0.5) is 0 Å². The van der Waals surface area contributed by atoms with E-state index in [4.69, 9.17) is 9.97 Å². The SMILES string of the molecule is CCNCCCc1c(C)nc(C2CSCCS2)nc1C. The van der Waals surface area contributed by atoms with Crippen molar-refractivity contribution in [1.82, 2.24) is 15.3 Å². The molecular formula is C15H25N3S2. The molecule has 1 atom stereocenters. The topological polar surface area (TPSA) is 37.8 Å². The van der Waals surface area contributed by atoms with Gasteiger partial charge in [0.1, 0.15) is 5.82 Å². The van der Waals surface area contributed by atoms with Crippen LogP contribution in [0.25, 0.3) is 0 Å². The van der Waals surface area contributed by atoms with E-state index < -0.39 is 0 Å². The number of hydrogen-bond acceptors (Lipinski definition) is 5. The second kappa shape index (κ2) is 8.25. The van der Waals surface area contributed by atoms with Crippen LogP contribution in [0.15, 0.2) is 0 Å². The van der Waals surface area contributed by atoms with Gasteiger partial charge < -0.3 is 5.32 Å². The molecule has 1 aliphatic rings. The molecule has 20 heavy (non-hydrogen) atoms. The number of hydrogen-bond donors (Lipinski definition) is 1. The Kier molecular flexibility index (Phi) is 6.65. The first-order valence-corrected chi connectivity index (χ1v) is 9.66. The predicted octanol–water partition coefficient (Wildman–Crippen LogP) is 3.16. The normalized spacial score (nSPS) is 19.2. The molecular weight excluding hydrogens is 286 g/mol. The van der Waals surface area contributed by atoms with Crippen molar-refractivity contribution in [3.05, 3.63) is 22.8 Å². The molecule has 1 fully saturated rings. The molecule has 0 bridgehead atoms. The lowest BCUT2D eigenvalue weighted by atomic mass is 10.1. The lowest BCUT2D eigenvalue weighted by molar-refractivity contribution is 0.666. The van der Waals surface area contributed by atoms with E-state index in [2.05, 4.69) is 26.1 Å². The zero-order valence-corrected chi connectivity index (χ0v) is 14.4. The Bertz CT molecular complexity index is 408. The monoisotopic (exact) mass is 311 g/mol. The molecule has 0 aromatic carbocycles. The number of nitrogens with one attached hydrogen (secondary N) is 1. The van der Waals surface area contributed by atoms with Gasteiger partial charge in [0, 0.05) is 28.6 Å². The third-order valence-corrected chi connectivity index (χ3v) is 6.32. The van der Waals surface area contributed by atoms with Gasteiger partial charge >= 0.3 is 0 Å².